The summed E-state index contributed by atoms with van der Waals surface area (Å²) in [6.07, 6.45) is 4.72. The SMILES string of the molecule is Cc1cccc(C)c1CC(N)CCc1ccccn1. The van der Waals surface area contributed by atoms with Crippen molar-refractivity contribution in [3.63, 3.8) is 0 Å². The average molecular weight is 254 g/mol. The Morgan fingerprint density at radius 1 is 1.05 bits per heavy atom. The molecule has 0 aliphatic rings. The summed E-state index contributed by atoms with van der Waals surface area (Å²) in [6, 6.07) is 12.7. The van der Waals surface area contributed by atoms with Crippen LogP contribution in [-0.4, -0.2) is 11.0 Å². The highest BCUT2D eigenvalue weighted by Gasteiger charge is 2.09. The van der Waals surface area contributed by atoms with Crippen molar-refractivity contribution < 1.29 is 0 Å². The Hall–Kier alpha value is -1.67. The van der Waals surface area contributed by atoms with Crippen LogP contribution in [0, 0.1) is 13.8 Å². The van der Waals surface area contributed by atoms with Crippen LogP contribution in [0.3, 0.4) is 0 Å². The molecule has 0 aliphatic carbocycles. The van der Waals surface area contributed by atoms with Crippen molar-refractivity contribution in [2.24, 2.45) is 5.73 Å². The van der Waals surface area contributed by atoms with Gasteiger partial charge in [0.15, 0.2) is 0 Å². The highest BCUT2D eigenvalue weighted by molar-refractivity contribution is 5.34. The summed E-state index contributed by atoms with van der Waals surface area (Å²) in [5, 5.41) is 0. The molecule has 2 heteroatoms. The zero-order valence-corrected chi connectivity index (χ0v) is 11.8. The maximum Gasteiger partial charge on any atom is 0.0404 e. The van der Waals surface area contributed by atoms with E-state index in [-0.39, 0.29) is 6.04 Å². The maximum absolute atomic E-state index is 6.26. The molecule has 2 rings (SSSR count). The second-order valence-corrected chi connectivity index (χ2v) is 5.19. The van der Waals surface area contributed by atoms with E-state index in [9.17, 15) is 0 Å². The van der Waals surface area contributed by atoms with Gasteiger partial charge in [0, 0.05) is 17.9 Å². The van der Waals surface area contributed by atoms with Crippen LogP contribution in [0.4, 0.5) is 0 Å². The van der Waals surface area contributed by atoms with Crippen molar-refractivity contribution in [1.29, 1.82) is 0 Å². The van der Waals surface area contributed by atoms with Gasteiger partial charge in [-0.2, -0.15) is 0 Å². The second-order valence-electron chi connectivity index (χ2n) is 5.19. The van der Waals surface area contributed by atoms with E-state index in [4.69, 9.17) is 5.73 Å². The number of pyridine rings is 1. The summed E-state index contributed by atoms with van der Waals surface area (Å²) < 4.78 is 0. The smallest absolute Gasteiger partial charge is 0.0404 e. The normalized spacial score (nSPS) is 12.4. The number of aryl methyl sites for hydroxylation is 3. The van der Waals surface area contributed by atoms with Crippen LogP contribution >= 0.6 is 0 Å². The third-order valence-corrected chi connectivity index (χ3v) is 3.61. The third-order valence-electron chi connectivity index (χ3n) is 3.61. The molecular weight excluding hydrogens is 232 g/mol. The minimum Gasteiger partial charge on any atom is -0.327 e. The molecule has 2 N–H and O–H groups in total. The molecule has 0 saturated heterocycles. The van der Waals surface area contributed by atoms with Crippen LogP contribution in [-0.2, 0) is 12.8 Å². The van der Waals surface area contributed by atoms with Crippen LogP contribution < -0.4 is 5.73 Å². The highest BCUT2D eigenvalue weighted by atomic mass is 14.7. The van der Waals surface area contributed by atoms with E-state index in [0.29, 0.717) is 0 Å². The van der Waals surface area contributed by atoms with E-state index in [1.807, 2.05) is 18.3 Å². The lowest BCUT2D eigenvalue weighted by molar-refractivity contribution is 0.602. The topological polar surface area (TPSA) is 38.9 Å². The zero-order chi connectivity index (χ0) is 13.7. The first-order valence-corrected chi connectivity index (χ1v) is 6.87. The Labute approximate surface area is 115 Å². The first kappa shape index (κ1) is 13.8. The van der Waals surface area contributed by atoms with Gasteiger partial charge in [0.25, 0.3) is 0 Å². The molecule has 0 fully saturated rings. The quantitative estimate of drug-likeness (QED) is 0.890. The van der Waals surface area contributed by atoms with Crippen LogP contribution in [0.2, 0.25) is 0 Å². The minimum absolute atomic E-state index is 0.196. The van der Waals surface area contributed by atoms with E-state index in [2.05, 4.69) is 43.1 Å². The lowest BCUT2D eigenvalue weighted by atomic mass is 9.94. The monoisotopic (exact) mass is 254 g/mol. The number of benzene rings is 1. The van der Waals surface area contributed by atoms with Crippen molar-refractivity contribution in [3.05, 3.63) is 65.0 Å². The van der Waals surface area contributed by atoms with Gasteiger partial charge in [-0.25, -0.2) is 0 Å². The van der Waals surface area contributed by atoms with Gasteiger partial charge in [-0.05, 0) is 61.9 Å². The van der Waals surface area contributed by atoms with Gasteiger partial charge in [-0.15, -0.1) is 0 Å². The highest BCUT2D eigenvalue weighted by Crippen LogP contribution is 2.16. The number of hydrogen-bond acceptors (Lipinski definition) is 2. The third kappa shape index (κ3) is 3.90. The van der Waals surface area contributed by atoms with Crippen molar-refractivity contribution >= 4 is 0 Å². The van der Waals surface area contributed by atoms with Crippen LogP contribution in [0.25, 0.3) is 0 Å². The summed E-state index contributed by atoms with van der Waals surface area (Å²) >= 11 is 0. The number of nitrogens with two attached hydrogens (primary N) is 1. The number of hydrogen-bond donors (Lipinski definition) is 1. The molecule has 19 heavy (non-hydrogen) atoms. The van der Waals surface area contributed by atoms with E-state index in [0.717, 1.165) is 25.0 Å². The van der Waals surface area contributed by atoms with Gasteiger partial charge in [0.1, 0.15) is 0 Å². The molecule has 1 atom stereocenters. The van der Waals surface area contributed by atoms with E-state index >= 15 is 0 Å². The molecule has 1 unspecified atom stereocenters. The number of aromatic nitrogens is 1. The molecule has 0 aliphatic heterocycles. The number of rotatable bonds is 5. The van der Waals surface area contributed by atoms with Crippen LogP contribution in [0.5, 0.6) is 0 Å². The molecule has 1 aromatic carbocycles. The van der Waals surface area contributed by atoms with Crippen molar-refractivity contribution in [2.45, 2.75) is 39.2 Å². The van der Waals surface area contributed by atoms with Crippen molar-refractivity contribution in [3.8, 4) is 0 Å². The summed E-state index contributed by atoms with van der Waals surface area (Å²) in [5.74, 6) is 0. The van der Waals surface area contributed by atoms with Gasteiger partial charge >= 0.3 is 0 Å². The Kier molecular flexibility index (Phi) is 4.69. The predicted molar refractivity (Wildman–Crippen MR) is 80.2 cm³/mol. The van der Waals surface area contributed by atoms with Gasteiger partial charge in [-0.1, -0.05) is 24.3 Å². The first-order chi connectivity index (χ1) is 9.16. The average Bonchev–Trinajstić information content (AvgIpc) is 2.42. The minimum atomic E-state index is 0.196. The van der Waals surface area contributed by atoms with E-state index in [1.165, 1.54) is 16.7 Å². The predicted octanol–water partition coefficient (Wildman–Crippen LogP) is 3.20. The second kappa shape index (κ2) is 6.48. The molecule has 1 aromatic heterocycles. The van der Waals surface area contributed by atoms with E-state index in [1.54, 1.807) is 0 Å². The van der Waals surface area contributed by atoms with Gasteiger partial charge in [0.05, 0.1) is 0 Å². The molecule has 0 radical (unpaired) electrons. The lowest BCUT2D eigenvalue weighted by Gasteiger charge is -2.15. The summed E-state index contributed by atoms with van der Waals surface area (Å²) in [5.41, 5.74) is 11.5. The molecule has 0 saturated carbocycles. The molecule has 0 bridgehead atoms. The molecular formula is C17H22N2. The van der Waals surface area contributed by atoms with Crippen molar-refractivity contribution in [2.75, 3.05) is 0 Å². The summed E-state index contributed by atoms with van der Waals surface area (Å²) in [4.78, 5) is 4.34. The van der Waals surface area contributed by atoms with Gasteiger partial charge in [-0.3, -0.25) is 4.98 Å². The van der Waals surface area contributed by atoms with Gasteiger partial charge in [0.2, 0.25) is 0 Å². The van der Waals surface area contributed by atoms with E-state index < -0.39 is 0 Å². The largest absolute Gasteiger partial charge is 0.327 e. The Bertz CT molecular complexity index is 500. The fourth-order valence-electron chi connectivity index (χ4n) is 2.41. The summed E-state index contributed by atoms with van der Waals surface area (Å²) in [7, 11) is 0. The Morgan fingerprint density at radius 3 is 2.42 bits per heavy atom. The Balaban J connectivity index is 1.93. The number of nitrogens with zero attached hydrogens (tertiary/aromatic N) is 1. The van der Waals surface area contributed by atoms with Crippen LogP contribution in [0.15, 0.2) is 42.6 Å². The lowest BCUT2D eigenvalue weighted by Crippen LogP contribution is -2.24. The first-order valence-electron chi connectivity index (χ1n) is 6.87. The zero-order valence-electron chi connectivity index (χ0n) is 11.8. The summed E-state index contributed by atoms with van der Waals surface area (Å²) in [6.45, 7) is 4.32. The van der Waals surface area contributed by atoms with Crippen LogP contribution in [0.1, 0.15) is 28.8 Å². The maximum atomic E-state index is 6.26. The fraction of sp³-hybridized carbons (Fsp3) is 0.353. The molecule has 100 valence electrons. The molecule has 2 aromatic rings. The van der Waals surface area contributed by atoms with Crippen molar-refractivity contribution in [1.82, 2.24) is 4.98 Å². The molecule has 0 amide bonds. The molecule has 2 nitrogen and oxygen atoms in total. The van der Waals surface area contributed by atoms with Gasteiger partial charge < -0.3 is 5.73 Å². The fourth-order valence-corrected chi connectivity index (χ4v) is 2.41. The molecule has 1 heterocycles. The Morgan fingerprint density at radius 2 is 1.79 bits per heavy atom. The standard InChI is InChI=1S/C17H22N2/c1-13-6-5-7-14(2)17(13)12-15(18)9-10-16-8-3-4-11-19-16/h3-8,11,15H,9-10,12,18H2,1-2H3. The molecule has 0 spiro atoms.